The van der Waals surface area contributed by atoms with Crippen LogP contribution >= 0.6 is 0 Å². The van der Waals surface area contributed by atoms with Crippen molar-refractivity contribution in [3.05, 3.63) is 65.7 Å². The molecule has 1 amide bonds. The Morgan fingerprint density at radius 3 is 2.42 bits per heavy atom. The molecule has 0 saturated heterocycles. The molecule has 7 heteroatoms. The molecule has 2 aromatic carbocycles. The standard InChI is InChI=1S/C19H21N3O3S/c1-13(2)17(19(23)20-12-14-8-4-3-5-9-14)21-18-15-10-6-7-11-16(15)26(24,25)22-18/h3-11,13,17H,12H2,1-2H3,(H,20,23)(H,21,22)/t17-/m0/s1. The van der Waals surface area contributed by atoms with E-state index in [0.29, 0.717) is 12.1 Å². The quantitative estimate of drug-likeness (QED) is 0.843. The Morgan fingerprint density at radius 2 is 1.73 bits per heavy atom. The molecule has 2 N–H and O–H groups in total. The van der Waals surface area contributed by atoms with Crippen LogP contribution in [0.15, 0.2) is 64.5 Å². The first kappa shape index (κ1) is 18.1. The van der Waals surface area contributed by atoms with E-state index in [9.17, 15) is 13.2 Å². The van der Waals surface area contributed by atoms with E-state index in [0.717, 1.165) is 5.56 Å². The number of rotatable bonds is 5. The van der Waals surface area contributed by atoms with Crippen LogP contribution < -0.4 is 10.0 Å². The summed E-state index contributed by atoms with van der Waals surface area (Å²) in [4.78, 5) is 17.2. The van der Waals surface area contributed by atoms with Gasteiger partial charge < -0.3 is 5.32 Å². The van der Waals surface area contributed by atoms with Gasteiger partial charge in [-0.25, -0.2) is 8.42 Å². The van der Waals surface area contributed by atoms with Gasteiger partial charge in [-0.05, 0) is 23.6 Å². The third-order valence-corrected chi connectivity index (χ3v) is 5.54. The largest absolute Gasteiger partial charge is 0.350 e. The number of hydrogen-bond donors (Lipinski definition) is 2. The molecule has 0 fully saturated rings. The molecule has 0 saturated carbocycles. The van der Waals surface area contributed by atoms with Gasteiger partial charge in [-0.15, -0.1) is 0 Å². The van der Waals surface area contributed by atoms with Crippen molar-refractivity contribution >= 4 is 21.8 Å². The smallest absolute Gasteiger partial charge is 0.263 e. The number of benzene rings is 2. The summed E-state index contributed by atoms with van der Waals surface area (Å²) < 4.78 is 26.9. The molecule has 0 spiro atoms. The van der Waals surface area contributed by atoms with Crippen LogP contribution in [-0.4, -0.2) is 26.2 Å². The third kappa shape index (κ3) is 3.77. The summed E-state index contributed by atoms with van der Waals surface area (Å²) in [6, 6.07) is 15.5. The summed E-state index contributed by atoms with van der Waals surface area (Å²) in [6.45, 7) is 4.16. The monoisotopic (exact) mass is 371 g/mol. The Hall–Kier alpha value is -2.67. The van der Waals surface area contributed by atoms with Crippen molar-refractivity contribution in [1.29, 1.82) is 0 Å². The van der Waals surface area contributed by atoms with E-state index in [1.54, 1.807) is 18.2 Å². The van der Waals surface area contributed by atoms with E-state index in [1.165, 1.54) is 6.07 Å². The second-order valence-corrected chi connectivity index (χ2v) is 8.12. The summed E-state index contributed by atoms with van der Waals surface area (Å²) in [6.07, 6.45) is 0. The van der Waals surface area contributed by atoms with Gasteiger partial charge in [-0.1, -0.05) is 56.3 Å². The highest BCUT2D eigenvalue weighted by molar-refractivity contribution is 7.90. The fraction of sp³-hybridized carbons (Fsp3) is 0.263. The van der Waals surface area contributed by atoms with Gasteiger partial charge in [0.2, 0.25) is 5.91 Å². The van der Waals surface area contributed by atoms with E-state index < -0.39 is 16.1 Å². The molecule has 0 unspecified atom stereocenters. The minimum atomic E-state index is -3.62. The maximum Gasteiger partial charge on any atom is 0.263 e. The van der Waals surface area contributed by atoms with Crippen LogP contribution in [0.3, 0.4) is 0 Å². The van der Waals surface area contributed by atoms with Gasteiger partial charge in [0, 0.05) is 12.1 Å². The van der Waals surface area contributed by atoms with Crippen molar-refractivity contribution in [2.75, 3.05) is 0 Å². The Bertz CT molecular complexity index is 938. The van der Waals surface area contributed by atoms with Gasteiger partial charge in [-0.2, -0.15) is 0 Å². The van der Waals surface area contributed by atoms with Crippen LogP contribution in [0.4, 0.5) is 0 Å². The van der Waals surface area contributed by atoms with Crippen LogP contribution in [0, 0.1) is 5.92 Å². The molecular formula is C19H21N3O3S. The van der Waals surface area contributed by atoms with Crippen molar-refractivity contribution in [3.8, 4) is 0 Å². The number of fused-ring (bicyclic) bond motifs is 1. The van der Waals surface area contributed by atoms with Crippen LogP contribution in [0.1, 0.15) is 25.0 Å². The minimum absolute atomic E-state index is 0.0875. The fourth-order valence-electron chi connectivity index (χ4n) is 2.77. The molecule has 136 valence electrons. The molecule has 26 heavy (non-hydrogen) atoms. The normalized spacial score (nSPS) is 17.6. The fourth-order valence-corrected chi connectivity index (χ4v) is 4.01. The zero-order valence-corrected chi connectivity index (χ0v) is 15.5. The highest BCUT2D eigenvalue weighted by atomic mass is 32.2. The predicted molar refractivity (Wildman–Crippen MR) is 100 cm³/mol. The van der Waals surface area contributed by atoms with E-state index in [-0.39, 0.29) is 22.6 Å². The second-order valence-electron chi connectivity index (χ2n) is 6.47. The minimum Gasteiger partial charge on any atom is -0.350 e. The second kappa shape index (κ2) is 7.29. The van der Waals surface area contributed by atoms with Gasteiger partial charge >= 0.3 is 0 Å². The number of aliphatic imine (C=N–C) groups is 1. The first-order valence-corrected chi connectivity index (χ1v) is 9.88. The maximum absolute atomic E-state index is 12.6. The van der Waals surface area contributed by atoms with E-state index in [4.69, 9.17) is 0 Å². The summed E-state index contributed by atoms with van der Waals surface area (Å²) >= 11 is 0. The lowest BCUT2D eigenvalue weighted by Gasteiger charge is -2.17. The number of carbonyl (C=O) groups is 1. The van der Waals surface area contributed by atoms with Gasteiger partial charge in [0.05, 0.1) is 4.90 Å². The lowest BCUT2D eigenvalue weighted by atomic mass is 10.0. The van der Waals surface area contributed by atoms with E-state index in [2.05, 4.69) is 15.0 Å². The molecule has 0 radical (unpaired) electrons. The molecule has 1 aliphatic rings. The average Bonchev–Trinajstić information content (AvgIpc) is 2.89. The molecule has 0 bridgehead atoms. The number of sulfonamides is 1. The Kier molecular flexibility index (Phi) is 5.08. The lowest BCUT2D eigenvalue weighted by molar-refractivity contribution is -0.123. The SMILES string of the molecule is CC(C)[C@H](N=C1NS(=O)(=O)c2ccccc21)C(=O)NCc1ccccc1. The molecule has 1 aliphatic heterocycles. The summed E-state index contributed by atoms with van der Waals surface area (Å²) in [7, 11) is -3.62. The molecule has 3 rings (SSSR count). The summed E-state index contributed by atoms with van der Waals surface area (Å²) in [5.74, 6) is -0.107. The number of nitrogens with one attached hydrogen (secondary N) is 2. The van der Waals surface area contributed by atoms with Gasteiger partial charge in [0.25, 0.3) is 10.0 Å². The van der Waals surface area contributed by atoms with E-state index >= 15 is 0 Å². The highest BCUT2D eigenvalue weighted by Gasteiger charge is 2.32. The zero-order chi connectivity index (χ0) is 18.7. The average molecular weight is 371 g/mol. The van der Waals surface area contributed by atoms with Gasteiger partial charge in [0.15, 0.2) is 0 Å². The summed E-state index contributed by atoms with van der Waals surface area (Å²) in [5, 5.41) is 2.88. The lowest BCUT2D eigenvalue weighted by Crippen LogP contribution is -2.38. The molecule has 1 heterocycles. The Labute approximate surface area is 153 Å². The van der Waals surface area contributed by atoms with Crippen molar-refractivity contribution < 1.29 is 13.2 Å². The number of carbonyl (C=O) groups excluding carboxylic acids is 1. The molecule has 1 atom stereocenters. The van der Waals surface area contributed by atoms with Crippen molar-refractivity contribution in [2.24, 2.45) is 10.9 Å². The van der Waals surface area contributed by atoms with Gasteiger partial charge in [-0.3, -0.25) is 14.5 Å². The number of amidine groups is 1. The molecule has 0 aromatic heterocycles. The van der Waals surface area contributed by atoms with Crippen LogP contribution in [0.5, 0.6) is 0 Å². The van der Waals surface area contributed by atoms with Crippen molar-refractivity contribution in [1.82, 2.24) is 10.0 Å². The van der Waals surface area contributed by atoms with Crippen molar-refractivity contribution in [3.63, 3.8) is 0 Å². The van der Waals surface area contributed by atoms with Crippen molar-refractivity contribution in [2.45, 2.75) is 31.3 Å². The van der Waals surface area contributed by atoms with Crippen LogP contribution in [0.25, 0.3) is 0 Å². The predicted octanol–water partition coefficient (Wildman–Crippen LogP) is 2.07. The molecule has 2 aromatic rings. The first-order chi connectivity index (χ1) is 12.4. The Morgan fingerprint density at radius 1 is 1.08 bits per heavy atom. The number of amides is 1. The van der Waals surface area contributed by atoms with E-state index in [1.807, 2.05) is 44.2 Å². The van der Waals surface area contributed by atoms with Crippen LogP contribution in [-0.2, 0) is 21.4 Å². The third-order valence-electron chi connectivity index (χ3n) is 4.14. The Balaban J connectivity index is 1.83. The van der Waals surface area contributed by atoms with Crippen LogP contribution in [0.2, 0.25) is 0 Å². The molecule has 6 nitrogen and oxygen atoms in total. The molecule has 0 aliphatic carbocycles. The topological polar surface area (TPSA) is 87.6 Å². The number of nitrogens with zero attached hydrogens (tertiary/aromatic N) is 1. The van der Waals surface area contributed by atoms with Gasteiger partial charge in [0.1, 0.15) is 11.9 Å². The number of hydrogen-bond acceptors (Lipinski definition) is 4. The first-order valence-electron chi connectivity index (χ1n) is 8.40. The molecular weight excluding hydrogens is 350 g/mol. The maximum atomic E-state index is 12.6. The zero-order valence-electron chi connectivity index (χ0n) is 14.6. The highest BCUT2D eigenvalue weighted by Crippen LogP contribution is 2.23. The summed E-state index contributed by atoms with van der Waals surface area (Å²) in [5.41, 5.74) is 1.48.